The molecule has 2 aromatic heterocycles. The van der Waals surface area contributed by atoms with Crippen LogP contribution in [0.2, 0.25) is 0 Å². The molecule has 0 aromatic carbocycles. The summed E-state index contributed by atoms with van der Waals surface area (Å²) in [6, 6.07) is -0.115. The highest BCUT2D eigenvalue weighted by Gasteiger charge is 2.28. The molecule has 1 unspecified atom stereocenters. The van der Waals surface area contributed by atoms with Crippen LogP contribution in [0, 0.1) is 0 Å². The maximum Gasteiger partial charge on any atom is 0.226 e. The van der Waals surface area contributed by atoms with Crippen LogP contribution in [-0.2, 0) is 9.84 Å². The normalized spacial score (nSPS) is 20.7. The number of hydrogen-bond donors (Lipinski definition) is 3. The van der Waals surface area contributed by atoms with Crippen molar-refractivity contribution in [3.63, 3.8) is 0 Å². The van der Waals surface area contributed by atoms with Gasteiger partial charge in [0.15, 0.2) is 21.3 Å². The summed E-state index contributed by atoms with van der Waals surface area (Å²) in [6.07, 6.45) is 3.12. The molecule has 2 aromatic rings. The number of aromatic nitrogens is 4. The number of aromatic amines is 1. The van der Waals surface area contributed by atoms with Gasteiger partial charge in [0.25, 0.3) is 0 Å². The van der Waals surface area contributed by atoms with Crippen molar-refractivity contribution in [1.82, 2.24) is 19.9 Å². The van der Waals surface area contributed by atoms with Crippen molar-refractivity contribution >= 4 is 32.8 Å². The molecule has 1 fully saturated rings. The second kappa shape index (κ2) is 5.47. The molecule has 1 aliphatic rings. The van der Waals surface area contributed by atoms with Gasteiger partial charge in [-0.15, -0.1) is 0 Å². The fraction of sp³-hybridized carbons (Fsp3) is 0.583. The number of rotatable bonds is 5. The molecule has 0 spiro atoms. The molecule has 8 nitrogen and oxygen atoms in total. The van der Waals surface area contributed by atoms with Gasteiger partial charge >= 0.3 is 0 Å². The van der Waals surface area contributed by atoms with Gasteiger partial charge in [-0.05, 0) is 12.8 Å². The molecule has 0 amide bonds. The predicted molar refractivity (Wildman–Crippen MR) is 81.1 cm³/mol. The first-order valence-corrected chi connectivity index (χ1v) is 8.81. The average molecular weight is 310 g/mol. The van der Waals surface area contributed by atoms with E-state index < -0.39 is 9.84 Å². The molecule has 114 valence electrons. The van der Waals surface area contributed by atoms with Crippen LogP contribution in [0.3, 0.4) is 0 Å². The smallest absolute Gasteiger partial charge is 0.226 e. The van der Waals surface area contributed by atoms with E-state index in [0.717, 1.165) is 13.0 Å². The molecule has 0 aliphatic carbocycles. The summed E-state index contributed by atoms with van der Waals surface area (Å²) < 4.78 is 23.1. The lowest BCUT2D eigenvalue weighted by Gasteiger charge is -2.13. The van der Waals surface area contributed by atoms with Gasteiger partial charge in [-0.2, -0.15) is 9.97 Å². The van der Waals surface area contributed by atoms with Crippen molar-refractivity contribution in [1.29, 1.82) is 0 Å². The molecule has 0 saturated carbocycles. The van der Waals surface area contributed by atoms with Gasteiger partial charge in [-0.25, -0.2) is 13.4 Å². The highest BCUT2D eigenvalue weighted by atomic mass is 32.2. The van der Waals surface area contributed by atoms with Crippen molar-refractivity contribution in [3.8, 4) is 0 Å². The van der Waals surface area contributed by atoms with Crippen LogP contribution in [-0.4, -0.2) is 52.4 Å². The molecule has 0 bridgehead atoms. The Balaban J connectivity index is 1.87. The topological polar surface area (TPSA) is 113 Å². The quantitative estimate of drug-likeness (QED) is 0.747. The van der Waals surface area contributed by atoms with Crippen LogP contribution in [0.4, 0.5) is 11.8 Å². The van der Waals surface area contributed by atoms with E-state index in [9.17, 15) is 8.42 Å². The summed E-state index contributed by atoms with van der Waals surface area (Å²) in [7, 11) is -2.93. The summed E-state index contributed by atoms with van der Waals surface area (Å²) in [5, 5.41) is 6.32. The summed E-state index contributed by atoms with van der Waals surface area (Å²) in [5.74, 6) is 1.46. The van der Waals surface area contributed by atoms with Gasteiger partial charge < -0.3 is 15.6 Å². The second-order valence-electron chi connectivity index (χ2n) is 5.17. The Morgan fingerprint density at radius 1 is 1.43 bits per heavy atom. The largest absolute Gasteiger partial charge is 0.364 e. The maximum atomic E-state index is 11.5. The first-order chi connectivity index (χ1) is 10.1. The lowest BCUT2D eigenvalue weighted by molar-refractivity contribution is 0.602. The van der Waals surface area contributed by atoms with Crippen LogP contribution in [0.5, 0.6) is 0 Å². The summed E-state index contributed by atoms with van der Waals surface area (Å²) in [5.41, 5.74) is 1.26. The van der Waals surface area contributed by atoms with Crippen LogP contribution in [0.15, 0.2) is 6.33 Å². The van der Waals surface area contributed by atoms with Crippen molar-refractivity contribution in [2.75, 3.05) is 28.7 Å². The zero-order valence-corrected chi connectivity index (χ0v) is 12.6. The van der Waals surface area contributed by atoms with Crippen molar-refractivity contribution in [2.24, 2.45) is 0 Å². The SMILES string of the molecule is CCCNc1nc(NC2CCS(=O)(=O)C2)c2[nH]cnc2n1. The minimum Gasteiger partial charge on any atom is -0.364 e. The van der Waals surface area contributed by atoms with E-state index in [2.05, 4.69) is 37.5 Å². The Hall–Kier alpha value is -1.90. The Bertz CT molecular complexity index is 741. The third kappa shape index (κ3) is 3.07. The monoisotopic (exact) mass is 310 g/mol. The molecule has 9 heteroatoms. The van der Waals surface area contributed by atoms with Gasteiger partial charge in [0.1, 0.15) is 5.52 Å². The van der Waals surface area contributed by atoms with Gasteiger partial charge in [0.05, 0.1) is 17.8 Å². The minimum atomic E-state index is -2.93. The fourth-order valence-corrected chi connectivity index (χ4v) is 4.03. The molecule has 3 rings (SSSR count). The van der Waals surface area contributed by atoms with Crippen LogP contribution >= 0.6 is 0 Å². The number of hydrogen-bond acceptors (Lipinski definition) is 7. The van der Waals surface area contributed by atoms with E-state index in [4.69, 9.17) is 0 Å². The zero-order chi connectivity index (χ0) is 14.9. The number of anilines is 2. The molecule has 3 N–H and O–H groups in total. The van der Waals surface area contributed by atoms with Crippen molar-refractivity contribution in [3.05, 3.63) is 6.33 Å². The molecular weight excluding hydrogens is 292 g/mol. The first kappa shape index (κ1) is 14.1. The van der Waals surface area contributed by atoms with Gasteiger partial charge in [-0.1, -0.05) is 6.92 Å². The summed E-state index contributed by atoms with van der Waals surface area (Å²) in [6.45, 7) is 2.83. The minimum absolute atomic E-state index is 0.115. The molecule has 1 aliphatic heterocycles. The molecule has 1 atom stereocenters. The van der Waals surface area contributed by atoms with E-state index in [-0.39, 0.29) is 17.5 Å². The average Bonchev–Trinajstić information content (AvgIpc) is 3.03. The van der Waals surface area contributed by atoms with Gasteiger partial charge in [0.2, 0.25) is 5.95 Å². The molecular formula is C12H18N6O2S. The summed E-state index contributed by atoms with van der Waals surface area (Å²) in [4.78, 5) is 15.9. The van der Waals surface area contributed by atoms with E-state index >= 15 is 0 Å². The van der Waals surface area contributed by atoms with E-state index in [1.54, 1.807) is 6.33 Å². The third-order valence-corrected chi connectivity index (χ3v) is 5.16. The molecule has 1 saturated heterocycles. The number of fused-ring (bicyclic) bond motifs is 1. The van der Waals surface area contributed by atoms with Crippen molar-refractivity contribution in [2.45, 2.75) is 25.8 Å². The summed E-state index contributed by atoms with van der Waals surface area (Å²) >= 11 is 0. The van der Waals surface area contributed by atoms with E-state index in [1.165, 1.54) is 0 Å². The molecule has 3 heterocycles. The number of nitrogens with zero attached hydrogens (tertiary/aromatic N) is 3. The maximum absolute atomic E-state index is 11.5. The number of sulfone groups is 1. The Labute approximate surface area is 122 Å². The molecule has 0 radical (unpaired) electrons. The Morgan fingerprint density at radius 3 is 3.00 bits per heavy atom. The van der Waals surface area contributed by atoms with Crippen LogP contribution in [0.25, 0.3) is 11.2 Å². The third-order valence-electron chi connectivity index (χ3n) is 3.39. The van der Waals surface area contributed by atoms with Gasteiger partial charge in [0, 0.05) is 12.6 Å². The highest BCUT2D eigenvalue weighted by Crippen LogP contribution is 2.22. The number of nitrogens with one attached hydrogen (secondary N) is 3. The second-order valence-corrected chi connectivity index (χ2v) is 7.40. The van der Waals surface area contributed by atoms with E-state index in [1.807, 2.05) is 0 Å². The lowest BCUT2D eigenvalue weighted by atomic mass is 10.2. The zero-order valence-electron chi connectivity index (χ0n) is 11.8. The van der Waals surface area contributed by atoms with E-state index in [0.29, 0.717) is 29.4 Å². The fourth-order valence-electron chi connectivity index (χ4n) is 2.36. The highest BCUT2D eigenvalue weighted by molar-refractivity contribution is 7.91. The van der Waals surface area contributed by atoms with Gasteiger partial charge in [-0.3, -0.25) is 0 Å². The Morgan fingerprint density at radius 2 is 2.29 bits per heavy atom. The lowest BCUT2D eigenvalue weighted by Crippen LogP contribution is -2.22. The predicted octanol–water partition coefficient (Wildman–Crippen LogP) is 0.774. The van der Waals surface area contributed by atoms with Crippen LogP contribution in [0.1, 0.15) is 19.8 Å². The molecule has 21 heavy (non-hydrogen) atoms. The first-order valence-electron chi connectivity index (χ1n) is 6.99. The standard InChI is InChI=1S/C12H18N6O2S/c1-2-4-13-12-17-10-9(14-7-15-10)11(18-12)16-8-3-5-21(19,20)6-8/h7-8H,2-6H2,1H3,(H3,13,14,15,16,17,18). The van der Waals surface area contributed by atoms with Crippen molar-refractivity contribution < 1.29 is 8.42 Å². The Kier molecular flexibility index (Phi) is 3.66. The number of imidazole rings is 1. The number of H-pyrrole nitrogens is 1. The van der Waals surface area contributed by atoms with Crippen LogP contribution < -0.4 is 10.6 Å².